The molecule has 4 nitrogen and oxygen atoms in total. The zero-order valence-electron chi connectivity index (χ0n) is 13.0. The van der Waals surface area contributed by atoms with Crippen LogP contribution in [-0.4, -0.2) is 74.9 Å². The molecule has 3 unspecified atom stereocenters. The summed E-state index contributed by atoms with van der Waals surface area (Å²) in [6.45, 7) is 8.04. The lowest BCUT2D eigenvalue weighted by atomic mass is 9.84. The van der Waals surface area contributed by atoms with Crippen molar-refractivity contribution in [2.45, 2.75) is 44.2 Å². The van der Waals surface area contributed by atoms with Gasteiger partial charge in [0.1, 0.15) is 0 Å². The van der Waals surface area contributed by atoms with E-state index in [0.717, 1.165) is 44.3 Å². The normalized spacial score (nSPS) is 37.4. The number of hydrogen-bond acceptors (Lipinski definition) is 4. The fraction of sp³-hybridized carbons (Fsp3) is 1.00. The second-order valence-corrected chi connectivity index (χ2v) is 6.79. The molecule has 0 aromatic rings. The van der Waals surface area contributed by atoms with Crippen LogP contribution in [0, 0.1) is 5.92 Å². The van der Waals surface area contributed by atoms with Crippen molar-refractivity contribution in [1.82, 2.24) is 15.1 Å². The van der Waals surface area contributed by atoms with Gasteiger partial charge in [0, 0.05) is 38.3 Å². The number of nitrogens with one attached hydrogen (secondary N) is 1. The van der Waals surface area contributed by atoms with Crippen molar-refractivity contribution in [3.63, 3.8) is 0 Å². The molecule has 20 heavy (non-hydrogen) atoms. The Morgan fingerprint density at radius 2 is 1.85 bits per heavy atom. The minimum atomic E-state index is 0.756. The predicted octanol–water partition coefficient (Wildman–Crippen LogP) is 1.17. The van der Waals surface area contributed by atoms with Gasteiger partial charge in [-0.15, -0.1) is 0 Å². The number of rotatable bonds is 4. The second-order valence-electron chi connectivity index (χ2n) is 6.79. The van der Waals surface area contributed by atoms with E-state index in [9.17, 15) is 0 Å². The van der Waals surface area contributed by atoms with Crippen LogP contribution in [0.25, 0.3) is 0 Å². The van der Waals surface area contributed by atoms with Crippen molar-refractivity contribution < 1.29 is 4.74 Å². The molecule has 3 aliphatic rings. The van der Waals surface area contributed by atoms with E-state index in [-0.39, 0.29) is 0 Å². The highest BCUT2D eigenvalue weighted by atomic mass is 16.5. The predicted molar refractivity (Wildman–Crippen MR) is 82.0 cm³/mol. The van der Waals surface area contributed by atoms with Crippen molar-refractivity contribution in [3.05, 3.63) is 0 Å². The van der Waals surface area contributed by atoms with E-state index in [0.29, 0.717) is 0 Å². The van der Waals surface area contributed by atoms with Crippen molar-refractivity contribution in [2.75, 3.05) is 53.0 Å². The molecule has 0 aromatic heterocycles. The third-order valence-corrected chi connectivity index (χ3v) is 5.58. The van der Waals surface area contributed by atoms with Crippen LogP contribution < -0.4 is 5.32 Å². The molecule has 2 saturated heterocycles. The molecule has 0 aromatic carbocycles. The zero-order valence-corrected chi connectivity index (χ0v) is 13.0. The summed E-state index contributed by atoms with van der Waals surface area (Å²) in [4.78, 5) is 5.38. The van der Waals surface area contributed by atoms with Gasteiger partial charge in [-0.05, 0) is 38.8 Å². The maximum Gasteiger partial charge on any atom is 0.0594 e. The van der Waals surface area contributed by atoms with Crippen LogP contribution in [-0.2, 0) is 4.74 Å². The van der Waals surface area contributed by atoms with E-state index in [1.165, 1.54) is 51.7 Å². The molecular weight excluding hydrogens is 250 g/mol. The average molecular weight is 281 g/mol. The van der Waals surface area contributed by atoms with Crippen LogP contribution in [0.2, 0.25) is 0 Å². The number of ether oxygens (including phenoxy) is 1. The van der Waals surface area contributed by atoms with Gasteiger partial charge in [-0.1, -0.05) is 12.8 Å². The molecular formula is C16H31N3O. The highest BCUT2D eigenvalue weighted by Gasteiger charge is 2.32. The first-order valence-corrected chi connectivity index (χ1v) is 8.58. The summed E-state index contributed by atoms with van der Waals surface area (Å²) in [6.07, 6.45) is 7.01. The Hall–Kier alpha value is -0.160. The second kappa shape index (κ2) is 7.21. The van der Waals surface area contributed by atoms with Gasteiger partial charge in [-0.3, -0.25) is 4.90 Å². The summed E-state index contributed by atoms with van der Waals surface area (Å²) in [5.41, 5.74) is 0. The lowest BCUT2D eigenvalue weighted by molar-refractivity contribution is 0.0180. The quantitative estimate of drug-likeness (QED) is 0.837. The van der Waals surface area contributed by atoms with Crippen molar-refractivity contribution in [2.24, 2.45) is 5.92 Å². The van der Waals surface area contributed by atoms with Crippen molar-refractivity contribution in [3.8, 4) is 0 Å². The molecule has 2 aliphatic heterocycles. The van der Waals surface area contributed by atoms with Crippen LogP contribution in [0.15, 0.2) is 0 Å². The summed E-state index contributed by atoms with van der Waals surface area (Å²) in [7, 11) is 2.14. The van der Waals surface area contributed by atoms with Crippen LogP contribution >= 0.6 is 0 Å². The first-order valence-electron chi connectivity index (χ1n) is 8.58. The van der Waals surface area contributed by atoms with Crippen molar-refractivity contribution >= 4 is 0 Å². The molecule has 3 fully saturated rings. The number of hydrogen-bond donors (Lipinski definition) is 1. The fourth-order valence-electron chi connectivity index (χ4n) is 4.36. The Bertz CT molecular complexity index is 293. The Labute approximate surface area is 123 Å². The van der Waals surface area contributed by atoms with E-state index >= 15 is 0 Å². The molecule has 0 spiro atoms. The third-order valence-electron chi connectivity index (χ3n) is 5.58. The van der Waals surface area contributed by atoms with Crippen LogP contribution in [0.3, 0.4) is 0 Å². The van der Waals surface area contributed by atoms with Gasteiger partial charge in [0.05, 0.1) is 13.2 Å². The maximum absolute atomic E-state index is 5.47. The monoisotopic (exact) mass is 281 g/mol. The fourth-order valence-corrected chi connectivity index (χ4v) is 4.36. The van der Waals surface area contributed by atoms with E-state index < -0.39 is 0 Å². The smallest absolute Gasteiger partial charge is 0.0594 e. The van der Waals surface area contributed by atoms with Gasteiger partial charge < -0.3 is 15.0 Å². The lowest BCUT2D eigenvalue weighted by Crippen LogP contribution is -2.46. The van der Waals surface area contributed by atoms with Crippen molar-refractivity contribution in [1.29, 1.82) is 0 Å². The number of nitrogens with zero attached hydrogens (tertiary/aromatic N) is 2. The van der Waals surface area contributed by atoms with Crippen LogP contribution in [0.1, 0.15) is 32.1 Å². The summed E-state index contributed by atoms with van der Waals surface area (Å²) in [6, 6.07) is 1.54. The first kappa shape index (κ1) is 14.8. The average Bonchev–Trinajstić information content (AvgIpc) is 2.97. The van der Waals surface area contributed by atoms with E-state index in [1.807, 2.05) is 0 Å². The summed E-state index contributed by atoms with van der Waals surface area (Å²) in [5, 5.41) is 3.55. The molecule has 3 rings (SSSR count). The Morgan fingerprint density at radius 3 is 2.65 bits per heavy atom. The largest absolute Gasteiger partial charge is 0.379 e. The molecule has 0 amide bonds. The molecule has 1 saturated carbocycles. The SMILES string of the molecule is CNC1CCCCC1CN1CCC(N2CCOCC2)C1. The topological polar surface area (TPSA) is 27.7 Å². The van der Waals surface area contributed by atoms with Gasteiger partial charge in [0.25, 0.3) is 0 Å². The van der Waals surface area contributed by atoms with E-state index in [1.54, 1.807) is 0 Å². The van der Waals surface area contributed by atoms with Gasteiger partial charge in [0.15, 0.2) is 0 Å². The first-order chi connectivity index (χ1) is 9.86. The number of likely N-dealkylation sites (tertiary alicyclic amines) is 1. The molecule has 2 heterocycles. The Morgan fingerprint density at radius 1 is 1.05 bits per heavy atom. The molecule has 0 radical (unpaired) electrons. The highest BCUT2D eigenvalue weighted by Crippen LogP contribution is 2.27. The third kappa shape index (κ3) is 3.53. The van der Waals surface area contributed by atoms with E-state index in [2.05, 4.69) is 22.2 Å². The molecule has 3 atom stereocenters. The molecule has 1 N–H and O–H groups in total. The maximum atomic E-state index is 5.47. The Balaban J connectivity index is 1.47. The standard InChI is InChI=1S/C16H31N3O/c1-17-16-5-3-2-4-14(16)12-18-7-6-15(13-18)19-8-10-20-11-9-19/h14-17H,2-13H2,1H3. The molecule has 116 valence electrons. The van der Waals surface area contributed by atoms with Crippen LogP contribution in [0.4, 0.5) is 0 Å². The minimum Gasteiger partial charge on any atom is -0.379 e. The van der Waals surface area contributed by atoms with Gasteiger partial charge >= 0.3 is 0 Å². The molecule has 0 bridgehead atoms. The summed E-state index contributed by atoms with van der Waals surface area (Å²) in [5.74, 6) is 0.872. The van der Waals surface area contributed by atoms with Gasteiger partial charge in [-0.2, -0.15) is 0 Å². The highest BCUT2D eigenvalue weighted by molar-refractivity contribution is 4.88. The molecule has 1 aliphatic carbocycles. The van der Waals surface area contributed by atoms with Gasteiger partial charge in [-0.25, -0.2) is 0 Å². The molecule has 4 heteroatoms. The zero-order chi connectivity index (χ0) is 13.8. The number of morpholine rings is 1. The van der Waals surface area contributed by atoms with E-state index in [4.69, 9.17) is 4.74 Å². The summed E-state index contributed by atoms with van der Waals surface area (Å²) < 4.78 is 5.47. The van der Waals surface area contributed by atoms with Crippen LogP contribution in [0.5, 0.6) is 0 Å². The van der Waals surface area contributed by atoms with Gasteiger partial charge in [0.2, 0.25) is 0 Å². The Kier molecular flexibility index (Phi) is 5.32. The summed E-state index contributed by atoms with van der Waals surface area (Å²) >= 11 is 0. The lowest BCUT2D eigenvalue weighted by Gasteiger charge is -2.35. The minimum absolute atomic E-state index is 0.756.